The number of morpholine rings is 1. The van der Waals surface area contributed by atoms with Crippen molar-refractivity contribution in [3.63, 3.8) is 0 Å². The van der Waals surface area contributed by atoms with Crippen LogP contribution in [0.1, 0.15) is 38.8 Å². The molecule has 0 radical (unpaired) electrons. The molecule has 33 heavy (non-hydrogen) atoms. The van der Waals surface area contributed by atoms with Gasteiger partial charge in [0.1, 0.15) is 5.60 Å². The molecule has 2 aromatic carbocycles. The molecule has 0 saturated carbocycles. The first-order valence-electron chi connectivity index (χ1n) is 11.5. The summed E-state index contributed by atoms with van der Waals surface area (Å²) in [5.41, 5.74) is 0.245. The van der Waals surface area contributed by atoms with Gasteiger partial charge in [-0.25, -0.2) is 13.2 Å². The normalized spacial score (nSPS) is 21.1. The second-order valence-corrected chi connectivity index (χ2v) is 11.4. The summed E-state index contributed by atoms with van der Waals surface area (Å²) in [6.45, 7) is 9.09. The summed E-state index contributed by atoms with van der Waals surface area (Å²) in [4.78, 5) is 14.9. The van der Waals surface area contributed by atoms with E-state index in [1.165, 1.54) is 0 Å². The standard InChI is InChI=1S/C24H33N3O5S/c1-24(2,3)32-23(28)27-15-16-31-17-21(27)19-8-4-9-20-18(19)7-5-10-22(20)33(29,30)26-13-6-11-25-12-14-26/h4-5,7-10,21,25H,6,11-17H2,1-3H3. The van der Waals surface area contributed by atoms with Crippen molar-refractivity contribution in [1.29, 1.82) is 0 Å². The van der Waals surface area contributed by atoms with Crippen molar-refractivity contribution < 1.29 is 22.7 Å². The summed E-state index contributed by atoms with van der Waals surface area (Å²) in [5, 5.41) is 4.71. The third-order valence-electron chi connectivity index (χ3n) is 5.95. The van der Waals surface area contributed by atoms with Crippen molar-refractivity contribution in [2.24, 2.45) is 0 Å². The van der Waals surface area contributed by atoms with Crippen molar-refractivity contribution in [3.05, 3.63) is 42.0 Å². The maximum atomic E-state index is 13.6. The number of benzene rings is 2. The Balaban J connectivity index is 1.75. The predicted molar refractivity (Wildman–Crippen MR) is 127 cm³/mol. The second-order valence-electron chi connectivity index (χ2n) is 9.47. The Labute approximate surface area is 195 Å². The van der Waals surface area contributed by atoms with Gasteiger partial charge in [0, 0.05) is 31.6 Å². The summed E-state index contributed by atoms with van der Waals surface area (Å²) in [6.07, 6.45) is 0.383. The number of carbonyl (C=O) groups excluding carboxylic acids is 1. The third-order valence-corrected chi connectivity index (χ3v) is 7.90. The molecule has 9 heteroatoms. The average Bonchev–Trinajstić information content (AvgIpc) is 3.07. The van der Waals surface area contributed by atoms with Crippen molar-refractivity contribution >= 4 is 26.9 Å². The topological polar surface area (TPSA) is 88.2 Å². The third kappa shape index (κ3) is 5.16. The SMILES string of the molecule is CC(C)(C)OC(=O)N1CCOCC1c1cccc2c(S(=O)(=O)N3CCCNCC3)cccc12. The number of rotatable bonds is 3. The van der Waals surface area contributed by atoms with Crippen LogP contribution in [-0.4, -0.2) is 75.3 Å². The minimum absolute atomic E-state index is 0.296. The van der Waals surface area contributed by atoms with Gasteiger partial charge in [0.25, 0.3) is 0 Å². The van der Waals surface area contributed by atoms with Crippen molar-refractivity contribution in [1.82, 2.24) is 14.5 Å². The van der Waals surface area contributed by atoms with Gasteiger partial charge in [-0.2, -0.15) is 4.31 Å². The molecule has 2 fully saturated rings. The zero-order chi connectivity index (χ0) is 23.6. The zero-order valence-corrected chi connectivity index (χ0v) is 20.4. The van der Waals surface area contributed by atoms with Crippen LogP contribution < -0.4 is 5.32 Å². The molecule has 2 saturated heterocycles. The van der Waals surface area contributed by atoms with Crippen LogP contribution in [-0.2, 0) is 19.5 Å². The highest BCUT2D eigenvalue weighted by Crippen LogP contribution is 2.34. The molecule has 2 aliphatic heterocycles. The Morgan fingerprint density at radius 3 is 2.61 bits per heavy atom. The molecular weight excluding hydrogens is 442 g/mol. The number of amides is 1. The van der Waals surface area contributed by atoms with E-state index in [9.17, 15) is 13.2 Å². The zero-order valence-electron chi connectivity index (χ0n) is 19.5. The van der Waals surface area contributed by atoms with Gasteiger partial charge >= 0.3 is 6.09 Å². The van der Waals surface area contributed by atoms with E-state index in [4.69, 9.17) is 9.47 Å². The minimum Gasteiger partial charge on any atom is -0.444 e. The molecule has 1 unspecified atom stereocenters. The van der Waals surface area contributed by atoms with E-state index in [-0.39, 0.29) is 6.04 Å². The van der Waals surface area contributed by atoms with Gasteiger partial charge in [0.05, 0.1) is 24.2 Å². The first-order valence-corrected chi connectivity index (χ1v) is 12.9. The highest BCUT2D eigenvalue weighted by atomic mass is 32.2. The van der Waals surface area contributed by atoms with Crippen molar-refractivity contribution in [2.45, 2.75) is 43.7 Å². The molecule has 0 spiro atoms. The molecular formula is C24H33N3O5S. The van der Waals surface area contributed by atoms with Crippen LogP contribution in [0.3, 0.4) is 0 Å². The number of hydrogen-bond acceptors (Lipinski definition) is 6. The quantitative estimate of drug-likeness (QED) is 0.734. The minimum atomic E-state index is -3.66. The first kappa shape index (κ1) is 23.9. The summed E-state index contributed by atoms with van der Waals surface area (Å²) in [7, 11) is -3.66. The lowest BCUT2D eigenvalue weighted by molar-refractivity contribution is -0.0327. The molecule has 1 N–H and O–H groups in total. The van der Waals surface area contributed by atoms with Crippen LogP contribution in [0.25, 0.3) is 10.8 Å². The Morgan fingerprint density at radius 1 is 1.06 bits per heavy atom. The number of nitrogens with one attached hydrogen (secondary N) is 1. The van der Waals surface area contributed by atoms with Gasteiger partial charge in [-0.15, -0.1) is 0 Å². The highest BCUT2D eigenvalue weighted by molar-refractivity contribution is 7.89. The number of ether oxygens (including phenoxy) is 2. The molecule has 4 rings (SSSR count). The van der Waals surface area contributed by atoms with E-state index in [0.29, 0.717) is 49.7 Å². The van der Waals surface area contributed by atoms with Crippen LogP contribution in [0.2, 0.25) is 0 Å². The summed E-state index contributed by atoms with van der Waals surface area (Å²) >= 11 is 0. The molecule has 0 aliphatic carbocycles. The lowest BCUT2D eigenvalue weighted by Gasteiger charge is -2.37. The van der Waals surface area contributed by atoms with Gasteiger partial charge in [0.15, 0.2) is 0 Å². The molecule has 8 nitrogen and oxygen atoms in total. The number of sulfonamides is 1. The molecule has 1 amide bonds. The van der Waals surface area contributed by atoms with Crippen LogP contribution in [0, 0.1) is 0 Å². The molecule has 2 heterocycles. The predicted octanol–water partition coefficient (Wildman–Crippen LogP) is 3.13. The fourth-order valence-corrected chi connectivity index (χ4v) is 6.11. The maximum Gasteiger partial charge on any atom is 0.410 e. The molecule has 180 valence electrons. The largest absolute Gasteiger partial charge is 0.444 e. The van der Waals surface area contributed by atoms with E-state index >= 15 is 0 Å². The van der Waals surface area contributed by atoms with Crippen LogP contribution in [0.4, 0.5) is 4.79 Å². The molecule has 1 atom stereocenters. The lowest BCUT2D eigenvalue weighted by Crippen LogP contribution is -2.45. The van der Waals surface area contributed by atoms with E-state index in [2.05, 4.69) is 5.32 Å². The monoisotopic (exact) mass is 475 g/mol. The average molecular weight is 476 g/mol. The van der Waals surface area contributed by atoms with Gasteiger partial charge in [-0.05, 0) is 50.8 Å². The van der Waals surface area contributed by atoms with Crippen LogP contribution >= 0.6 is 0 Å². The number of fused-ring (bicyclic) bond motifs is 1. The van der Waals surface area contributed by atoms with Crippen LogP contribution in [0.15, 0.2) is 41.3 Å². The summed E-state index contributed by atoms with van der Waals surface area (Å²) < 4.78 is 40.0. The molecule has 0 bridgehead atoms. The fraction of sp³-hybridized carbons (Fsp3) is 0.542. The Hall–Kier alpha value is -2.20. The number of nitrogens with zero attached hydrogens (tertiary/aromatic N) is 2. The second kappa shape index (κ2) is 9.58. The van der Waals surface area contributed by atoms with Gasteiger partial charge < -0.3 is 14.8 Å². The van der Waals surface area contributed by atoms with Crippen molar-refractivity contribution in [2.75, 3.05) is 45.9 Å². The Bertz CT molecular complexity index is 1100. The molecule has 2 aliphatic rings. The van der Waals surface area contributed by atoms with Crippen molar-refractivity contribution in [3.8, 4) is 0 Å². The van der Waals surface area contributed by atoms with Gasteiger partial charge in [0.2, 0.25) is 10.0 Å². The van der Waals surface area contributed by atoms with E-state index < -0.39 is 21.7 Å². The van der Waals surface area contributed by atoms with E-state index in [0.717, 1.165) is 23.9 Å². The molecule has 0 aromatic heterocycles. The van der Waals surface area contributed by atoms with E-state index in [1.807, 2.05) is 45.0 Å². The number of carbonyl (C=O) groups is 1. The highest BCUT2D eigenvalue weighted by Gasteiger charge is 2.34. The number of hydrogen-bond donors (Lipinski definition) is 1. The van der Waals surface area contributed by atoms with E-state index in [1.54, 1.807) is 21.3 Å². The summed E-state index contributed by atoms with van der Waals surface area (Å²) in [5.74, 6) is 0. The smallest absolute Gasteiger partial charge is 0.410 e. The van der Waals surface area contributed by atoms with Crippen LogP contribution in [0.5, 0.6) is 0 Å². The lowest BCUT2D eigenvalue weighted by atomic mass is 9.97. The maximum absolute atomic E-state index is 13.6. The Morgan fingerprint density at radius 2 is 1.82 bits per heavy atom. The first-order chi connectivity index (χ1) is 15.7. The fourth-order valence-electron chi connectivity index (χ4n) is 4.42. The molecule has 2 aromatic rings. The summed E-state index contributed by atoms with van der Waals surface area (Å²) in [6, 6.07) is 10.6. The van der Waals surface area contributed by atoms with Gasteiger partial charge in [-0.3, -0.25) is 4.90 Å². The van der Waals surface area contributed by atoms with Gasteiger partial charge in [-0.1, -0.05) is 30.3 Å². The Kier molecular flexibility index (Phi) is 6.95.